The van der Waals surface area contributed by atoms with Crippen LogP contribution in [0.1, 0.15) is 34.6 Å². The average Bonchev–Trinajstić information content (AvgIpc) is 2.60. The van der Waals surface area contributed by atoms with Gasteiger partial charge in [0.1, 0.15) is 0 Å². The number of hydrogen-bond donors (Lipinski definition) is 4. The van der Waals surface area contributed by atoms with Crippen molar-refractivity contribution >= 4 is 24.0 Å². The van der Waals surface area contributed by atoms with Crippen molar-refractivity contribution in [1.82, 2.24) is 5.32 Å². The molecule has 4 N–H and O–H groups in total. The highest BCUT2D eigenvalue weighted by Crippen LogP contribution is 2.28. The Balaban J connectivity index is 0.00000364. The number of carbonyl (C=O) groups excluding carboxylic acids is 2. The van der Waals surface area contributed by atoms with E-state index in [9.17, 15) is 24.9 Å². The zero-order valence-electron chi connectivity index (χ0n) is 14.9. The number of Topliss-reactive ketones (excluding diaryl/α,β-unsaturated/α-hetero) is 2. The molecule has 2 aromatic rings. The summed E-state index contributed by atoms with van der Waals surface area (Å²) in [6.07, 6.45) is 0. The zero-order valence-corrected chi connectivity index (χ0v) is 15.7. The van der Waals surface area contributed by atoms with E-state index in [0.29, 0.717) is 5.56 Å². The highest BCUT2D eigenvalue weighted by molar-refractivity contribution is 5.99. The van der Waals surface area contributed by atoms with Gasteiger partial charge in [-0.3, -0.25) is 9.59 Å². The molecule has 0 heterocycles. The second kappa shape index (κ2) is 9.80. The molecular formula is C19H22ClNO6. The topological polar surface area (TPSA) is 116 Å². The predicted octanol–water partition coefficient (Wildman–Crippen LogP) is 2.67. The van der Waals surface area contributed by atoms with Crippen LogP contribution in [-0.4, -0.2) is 46.1 Å². The molecule has 0 unspecified atom stereocenters. The maximum atomic E-state index is 12.1. The summed E-state index contributed by atoms with van der Waals surface area (Å²) in [5.74, 6) is -1.53. The van der Waals surface area contributed by atoms with Gasteiger partial charge in [-0.2, -0.15) is 0 Å². The largest absolute Gasteiger partial charge is 0.504 e. The molecule has 8 heteroatoms. The molecule has 0 aliphatic heterocycles. The molecule has 0 bridgehead atoms. The van der Waals surface area contributed by atoms with Crippen LogP contribution >= 0.6 is 12.4 Å². The van der Waals surface area contributed by atoms with Gasteiger partial charge in [0.15, 0.2) is 41.2 Å². The highest BCUT2D eigenvalue weighted by atomic mass is 35.5. The highest BCUT2D eigenvalue weighted by Gasteiger charge is 2.13. The van der Waals surface area contributed by atoms with Crippen LogP contribution in [0.2, 0.25) is 0 Å². The lowest BCUT2D eigenvalue weighted by Gasteiger charge is -2.10. The van der Waals surface area contributed by atoms with Crippen molar-refractivity contribution in [2.24, 2.45) is 0 Å². The molecule has 0 atom stereocenters. The van der Waals surface area contributed by atoms with Gasteiger partial charge in [-0.1, -0.05) is 13.8 Å². The fraction of sp³-hybridized carbons (Fsp3) is 0.263. The second-order valence-electron chi connectivity index (χ2n) is 6.06. The van der Waals surface area contributed by atoms with E-state index in [0.717, 1.165) is 6.07 Å². The Hall–Kier alpha value is -2.77. The normalized spacial score (nSPS) is 10.3. The van der Waals surface area contributed by atoms with Gasteiger partial charge >= 0.3 is 0 Å². The molecule has 27 heavy (non-hydrogen) atoms. The summed E-state index contributed by atoms with van der Waals surface area (Å²) in [5.41, 5.74) is 0.490. The van der Waals surface area contributed by atoms with E-state index < -0.39 is 11.5 Å². The Bertz CT molecular complexity index is 822. The van der Waals surface area contributed by atoms with Crippen LogP contribution in [-0.2, 0) is 0 Å². The third-order valence-corrected chi connectivity index (χ3v) is 3.61. The van der Waals surface area contributed by atoms with Crippen molar-refractivity contribution in [2.75, 3.05) is 13.2 Å². The summed E-state index contributed by atoms with van der Waals surface area (Å²) >= 11 is 0. The molecular weight excluding hydrogens is 374 g/mol. The van der Waals surface area contributed by atoms with Gasteiger partial charge in [0.05, 0.1) is 6.54 Å². The van der Waals surface area contributed by atoms with E-state index in [1.807, 2.05) is 13.8 Å². The zero-order chi connectivity index (χ0) is 19.3. The molecule has 0 radical (unpaired) electrons. The monoisotopic (exact) mass is 395 g/mol. The number of phenols is 3. The fourth-order valence-electron chi connectivity index (χ4n) is 2.14. The number of hydrogen-bond acceptors (Lipinski definition) is 7. The Labute approximate surface area is 163 Å². The van der Waals surface area contributed by atoms with E-state index in [1.54, 1.807) is 0 Å². The lowest BCUT2D eigenvalue weighted by atomic mass is 10.1. The van der Waals surface area contributed by atoms with E-state index in [1.165, 1.54) is 30.3 Å². The first-order chi connectivity index (χ1) is 12.3. The van der Waals surface area contributed by atoms with Gasteiger partial charge in [0.2, 0.25) is 0 Å². The van der Waals surface area contributed by atoms with Crippen LogP contribution in [0.3, 0.4) is 0 Å². The van der Waals surface area contributed by atoms with Gasteiger partial charge in [-0.05, 0) is 36.4 Å². The summed E-state index contributed by atoms with van der Waals surface area (Å²) in [6, 6.07) is 8.06. The summed E-state index contributed by atoms with van der Waals surface area (Å²) < 4.78 is 5.29. The van der Waals surface area contributed by atoms with Gasteiger partial charge in [0.25, 0.3) is 0 Å². The number of halogens is 1. The Morgan fingerprint density at radius 1 is 0.926 bits per heavy atom. The minimum absolute atomic E-state index is 0. The molecule has 2 aromatic carbocycles. The van der Waals surface area contributed by atoms with Gasteiger partial charge in [-0.15, -0.1) is 12.4 Å². The van der Waals surface area contributed by atoms with Crippen molar-refractivity contribution < 1.29 is 29.6 Å². The minimum atomic E-state index is -0.444. The van der Waals surface area contributed by atoms with Crippen molar-refractivity contribution in [1.29, 1.82) is 0 Å². The predicted molar refractivity (Wildman–Crippen MR) is 102 cm³/mol. The van der Waals surface area contributed by atoms with Crippen LogP contribution in [0.5, 0.6) is 23.0 Å². The lowest BCUT2D eigenvalue weighted by Crippen LogP contribution is -2.29. The minimum Gasteiger partial charge on any atom is -0.504 e. The molecule has 7 nitrogen and oxygen atoms in total. The third-order valence-electron chi connectivity index (χ3n) is 3.61. The first-order valence-electron chi connectivity index (χ1n) is 8.05. The standard InChI is InChI=1S/C19H21NO6.ClH/c1-11(2)20-9-17(24)12-4-6-19(16(23)8-12)26-10-18(25)13-3-5-14(21)15(22)7-13;/h3-8,11,20-23H,9-10H2,1-2H3;1H. The maximum Gasteiger partial charge on any atom is 0.200 e. The second-order valence-corrected chi connectivity index (χ2v) is 6.06. The van der Waals surface area contributed by atoms with Crippen molar-refractivity contribution in [3.05, 3.63) is 47.5 Å². The molecule has 0 aromatic heterocycles. The number of rotatable bonds is 8. The van der Waals surface area contributed by atoms with Crippen LogP contribution in [0.15, 0.2) is 36.4 Å². The average molecular weight is 396 g/mol. The number of aromatic hydroxyl groups is 3. The molecule has 0 amide bonds. The lowest BCUT2D eigenvalue weighted by molar-refractivity contribution is 0.0917. The molecule has 0 aliphatic carbocycles. The van der Waals surface area contributed by atoms with Gasteiger partial charge in [0, 0.05) is 17.2 Å². The Kier molecular flexibility index (Phi) is 8.08. The SMILES string of the molecule is CC(C)NCC(=O)c1ccc(OCC(=O)c2ccc(O)c(O)c2)c(O)c1.Cl. The van der Waals surface area contributed by atoms with E-state index in [-0.39, 0.29) is 60.2 Å². The molecule has 0 aliphatic rings. The first kappa shape index (κ1) is 22.3. The molecule has 0 saturated carbocycles. The van der Waals surface area contributed by atoms with E-state index in [4.69, 9.17) is 4.74 Å². The molecule has 0 saturated heterocycles. The number of ether oxygens (including phenoxy) is 1. The first-order valence-corrected chi connectivity index (χ1v) is 8.05. The number of benzene rings is 2. The Morgan fingerprint density at radius 2 is 1.52 bits per heavy atom. The van der Waals surface area contributed by atoms with Crippen molar-refractivity contribution in [3.63, 3.8) is 0 Å². The van der Waals surface area contributed by atoms with E-state index >= 15 is 0 Å². The number of carbonyl (C=O) groups is 2. The van der Waals surface area contributed by atoms with Crippen LogP contribution in [0, 0.1) is 0 Å². The smallest absolute Gasteiger partial charge is 0.200 e. The summed E-state index contributed by atoms with van der Waals surface area (Å²) in [4.78, 5) is 24.1. The van der Waals surface area contributed by atoms with E-state index in [2.05, 4.69) is 5.32 Å². The summed E-state index contributed by atoms with van der Waals surface area (Å²) in [5, 5.41) is 31.7. The van der Waals surface area contributed by atoms with Crippen molar-refractivity contribution in [2.45, 2.75) is 19.9 Å². The van der Waals surface area contributed by atoms with Crippen LogP contribution in [0.4, 0.5) is 0 Å². The van der Waals surface area contributed by atoms with Crippen molar-refractivity contribution in [3.8, 4) is 23.0 Å². The maximum absolute atomic E-state index is 12.1. The molecule has 2 rings (SSSR count). The number of phenolic OH excluding ortho intramolecular Hbond substituents is 3. The molecule has 0 fully saturated rings. The van der Waals surface area contributed by atoms with Gasteiger partial charge in [-0.25, -0.2) is 0 Å². The third kappa shape index (κ3) is 6.16. The number of ketones is 2. The Morgan fingerprint density at radius 3 is 2.11 bits per heavy atom. The number of nitrogens with one attached hydrogen (secondary N) is 1. The summed E-state index contributed by atoms with van der Waals surface area (Å²) in [6.45, 7) is 3.62. The van der Waals surface area contributed by atoms with Crippen LogP contribution in [0.25, 0.3) is 0 Å². The van der Waals surface area contributed by atoms with Crippen LogP contribution < -0.4 is 10.1 Å². The quantitative estimate of drug-likeness (QED) is 0.401. The fourth-order valence-corrected chi connectivity index (χ4v) is 2.14. The molecule has 0 spiro atoms. The summed E-state index contributed by atoms with van der Waals surface area (Å²) in [7, 11) is 0. The van der Waals surface area contributed by atoms with Gasteiger partial charge < -0.3 is 25.4 Å². The molecule has 146 valence electrons.